The summed E-state index contributed by atoms with van der Waals surface area (Å²) in [5.41, 5.74) is 0. The highest BCUT2D eigenvalue weighted by Gasteiger charge is 1.96. The molecule has 0 aromatic rings. The van der Waals surface area contributed by atoms with Gasteiger partial charge in [-0.15, -0.1) is 0 Å². The van der Waals surface area contributed by atoms with Gasteiger partial charge in [0.05, 0.1) is 6.61 Å². The number of ether oxygens (including phenoxy) is 1. The van der Waals surface area contributed by atoms with Gasteiger partial charge in [-0.3, -0.25) is 0 Å². The molecule has 0 rings (SSSR count). The largest absolute Gasteiger partial charge is 0.450 e. The molecule has 0 bridgehead atoms. The van der Waals surface area contributed by atoms with Crippen LogP contribution in [0.3, 0.4) is 0 Å². The first-order valence-electron chi connectivity index (χ1n) is 3.66. The topological polar surface area (TPSA) is 41.6 Å². The van der Waals surface area contributed by atoms with E-state index in [0.29, 0.717) is 6.61 Å². The van der Waals surface area contributed by atoms with E-state index >= 15 is 0 Å². The highest BCUT2D eigenvalue weighted by atomic mass is 16.5. The van der Waals surface area contributed by atoms with Gasteiger partial charge in [0, 0.05) is 13.6 Å². The Labute approximate surface area is 67.5 Å². The van der Waals surface area contributed by atoms with Gasteiger partial charge in [-0.05, 0) is 20.5 Å². The van der Waals surface area contributed by atoms with Crippen molar-refractivity contribution >= 4 is 6.09 Å². The zero-order valence-electron chi connectivity index (χ0n) is 7.39. The van der Waals surface area contributed by atoms with Crippen LogP contribution in [0.4, 0.5) is 4.79 Å². The summed E-state index contributed by atoms with van der Waals surface area (Å²) in [5, 5.41) is 2.38. The van der Waals surface area contributed by atoms with Crippen molar-refractivity contribution in [2.45, 2.75) is 6.42 Å². The summed E-state index contributed by atoms with van der Waals surface area (Å²) in [6, 6.07) is 0. The predicted octanol–water partition coefficient (Wildman–Crippen LogP) is 0.294. The van der Waals surface area contributed by atoms with Crippen LogP contribution in [0.1, 0.15) is 6.42 Å². The number of nitrogens with one attached hydrogen (secondary N) is 1. The van der Waals surface area contributed by atoms with Gasteiger partial charge < -0.3 is 15.0 Å². The molecule has 0 aliphatic heterocycles. The Balaban J connectivity index is 3.08. The van der Waals surface area contributed by atoms with E-state index in [2.05, 4.69) is 5.32 Å². The average Bonchev–Trinajstić information content (AvgIpc) is 1.97. The molecule has 4 heteroatoms. The Hall–Kier alpha value is -0.770. The lowest BCUT2D eigenvalue weighted by molar-refractivity contribution is 0.144. The summed E-state index contributed by atoms with van der Waals surface area (Å²) in [5.74, 6) is 0. The molecule has 0 atom stereocenters. The van der Waals surface area contributed by atoms with Crippen LogP contribution in [0.25, 0.3) is 0 Å². The smallest absolute Gasteiger partial charge is 0.406 e. The van der Waals surface area contributed by atoms with Gasteiger partial charge in [0.25, 0.3) is 0 Å². The van der Waals surface area contributed by atoms with Crippen LogP contribution in [0, 0.1) is 0 Å². The second-order valence-corrected chi connectivity index (χ2v) is 2.54. The van der Waals surface area contributed by atoms with E-state index in [1.54, 1.807) is 7.05 Å². The van der Waals surface area contributed by atoms with Crippen molar-refractivity contribution in [2.24, 2.45) is 0 Å². The van der Waals surface area contributed by atoms with Crippen molar-refractivity contribution in [3.63, 3.8) is 0 Å². The first-order chi connectivity index (χ1) is 5.16. The molecule has 0 aliphatic carbocycles. The lowest BCUT2D eigenvalue weighted by atomic mass is 10.4. The van der Waals surface area contributed by atoms with Crippen molar-refractivity contribution in [3.05, 3.63) is 0 Å². The molecule has 1 N–H and O–H groups in total. The third kappa shape index (κ3) is 7.12. The molecular formula is C7H16N2O2. The van der Waals surface area contributed by atoms with Gasteiger partial charge in [-0.25, -0.2) is 4.79 Å². The van der Waals surface area contributed by atoms with Gasteiger partial charge in [-0.2, -0.15) is 0 Å². The Morgan fingerprint density at radius 3 is 2.64 bits per heavy atom. The second-order valence-electron chi connectivity index (χ2n) is 2.54. The minimum absolute atomic E-state index is 0.358. The van der Waals surface area contributed by atoms with Gasteiger partial charge in [-0.1, -0.05) is 0 Å². The highest BCUT2D eigenvalue weighted by Crippen LogP contribution is 1.85. The van der Waals surface area contributed by atoms with Gasteiger partial charge >= 0.3 is 6.09 Å². The van der Waals surface area contributed by atoms with E-state index in [4.69, 9.17) is 4.74 Å². The maximum absolute atomic E-state index is 10.5. The van der Waals surface area contributed by atoms with E-state index in [-0.39, 0.29) is 6.09 Å². The molecule has 0 unspecified atom stereocenters. The lowest BCUT2D eigenvalue weighted by Gasteiger charge is -2.08. The molecule has 66 valence electrons. The van der Waals surface area contributed by atoms with Crippen LogP contribution in [0.15, 0.2) is 0 Å². The number of carbonyl (C=O) groups excluding carboxylic acids is 1. The van der Waals surface area contributed by atoms with Crippen LogP contribution in [0.5, 0.6) is 0 Å². The summed E-state index contributed by atoms with van der Waals surface area (Å²) >= 11 is 0. The maximum Gasteiger partial charge on any atom is 0.406 e. The van der Waals surface area contributed by atoms with Crippen molar-refractivity contribution in [1.82, 2.24) is 10.2 Å². The third-order valence-electron chi connectivity index (χ3n) is 1.19. The normalized spacial score (nSPS) is 9.82. The molecule has 11 heavy (non-hydrogen) atoms. The molecule has 0 radical (unpaired) electrons. The fourth-order valence-electron chi connectivity index (χ4n) is 0.618. The zero-order chi connectivity index (χ0) is 8.69. The summed E-state index contributed by atoms with van der Waals surface area (Å²) in [7, 11) is 5.52. The summed E-state index contributed by atoms with van der Waals surface area (Å²) in [6.07, 6.45) is 0.518. The number of amides is 1. The lowest BCUT2D eigenvalue weighted by Crippen LogP contribution is -2.21. The minimum Gasteiger partial charge on any atom is -0.450 e. The average molecular weight is 160 g/mol. The molecular weight excluding hydrogens is 144 g/mol. The standard InChI is InChI=1S/C7H16N2O2/c1-8-7(10)11-6-4-5-9(2)3/h4-6H2,1-3H3,(H,8,10). The second kappa shape index (κ2) is 5.97. The first kappa shape index (κ1) is 10.2. The summed E-state index contributed by atoms with van der Waals surface area (Å²) < 4.78 is 4.76. The number of nitrogens with zero attached hydrogens (tertiary/aromatic N) is 1. The summed E-state index contributed by atoms with van der Waals surface area (Å²) in [4.78, 5) is 12.6. The van der Waals surface area contributed by atoms with Crippen LogP contribution in [-0.2, 0) is 4.74 Å². The highest BCUT2D eigenvalue weighted by molar-refractivity contribution is 5.66. The van der Waals surface area contributed by atoms with E-state index in [0.717, 1.165) is 13.0 Å². The van der Waals surface area contributed by atoms with E-state index in [1.807, 2.05) is 19.0 Å². The monoisotopic (exact) mass is 160 g/mol. The molecule has 4 nitrogen and oxygen atoms in total. The minimum atomic E-state index is -0.358. The Bertz CT molecular complexity index is 115. The van der Waals surface area contributed by atoms with Crippen molar-refractivity contribution in [1.29, 1.82) is 0 Å². The van der Waals surface area contributed by atoms with Crippen LogP contribution in [-0.4, -0.2) is 45.3 Å². The van der Waals surface area contributed by atoms with Crippen molar-refractivity contribution in [2.75, 3.05) is 34.3 Å². The number of alkyl carbamates (subject to hydrolysis) is 1. The molecule has 0 saturated heterocycles. The van der Waals surface area contributed by atoms with Gasteiger partial charge in [0.1, 0.15) is 0 Å². The number of hydrogen-bond acceptors (Lipinski definition) is 3. The number of carbonyl (C=O) groups is 1. The molecule has 0 aromatic heterocycles. The van der Waals surface area contributed by atoms with E-state index in [1.165, 1.54) is 0 Å². The SMILES string of the molecule is CNC(=O)OCCCN(C)C. The molecule has 0 heterocycles. The Morgan fingerprint density at radius 1 is 1.55 bits per heavy atom. The van der Waals surface area contributed by atoms with E-state index < -0.39 is 0 Å². The molecule has 0 saturated carbocycles. The fraction of sp³-hybridized carbons (Fsp3) is 0.857. The predicted molar refractivity (Wildman–Crippen MR) is 43.6 cm³/mol. The quantitative estimate of drug-likeness (QED) is 0.601. The third-order valence-corrected chi connectivity index (χ3v) is 1.19. The Morgan fingerprint density at radius 2 is 2.18 bits per heavy atom. The zero-order valence-corrected chi connectivity index (χ0v) is 7.39. The van der Waals surface area contributed by atoms with Gasteiger partial charge in [0.2, 0.25) is 0 Å². The number of hydrogen-bond donors (Lipinski definition) is 1. The van der Waals surface area contributed by atoms with Crippen LogP contribution >= 0.6 is 0 Å². The van der Waals surface area contributed by atoms with Crippen LogP contribution in [0.2, 0.25) is 0 Å². The van der Waals surface area contributed by atoms with Crippen molar-refractivity contribution < 1.29 is 9.53 Å². The Kier molecular flexibility index (Phi) is 5.56. The molecule has 0 fully saturated rings. The summed E-state index contributed by atoms with van der Waals surface area (Å²) in [6.45, 7) is 1.43. The maximum atomic E-state index is 10.5. The molecule has 0 aromatic carbocycles. The van der Waals surface area contributed by atoms with Crippen LogP contribution < -0.4 is 5.32 Å². The molecule has 0 spiro atoms. The molecule has 0 aliphatic rings. The van der Waals surface area contributed by atoms with E-state index in [9.17, 15) is 4.79 Å². The fourth-order valence-corrected chi connectivity index (χ4v) is 0.618. The van der Waals surface area contributed by atoms with Gasteiger partial charge in [0.15, 0.2) is 0 Å². The van der Waals surface area contributed by atoms with Crippen molar-refractivity contribution in [3.8, 4) is 0 Å². The number of rotatable bonds is 4. The molecule has 1 amide bonds. The first-order valence-corrected chi connectivity index (χ1v) is 3.66.